The number of benzene rings is 1. The van der Waals surface area contributed by atoms with Gasteiger partial charge in [0, 0.05) is 27.9 Å². The van der Waals surface area contributed by atoms with E-state index >= 15 is 0 Å². The van der Waals surface area contributed by atoms with Crippen LogP contribution in [0.1, 0.15) is 62.7 Å². The molecule has 160 valence electrons. The minimum Gasteiger partial charge on any atom is -0.481 e. The van der Waals surface area contributed by atoms with Gasteiger partial charge < -0.3 is 10.4 Å². The summed E-state index contributed by atoms with van der Waals surface area (Å²) >= 11 is 1.62. The van der Waals surface area contributed by atoms with Gasteiger partial charge in [0.1, 0.15) is 0 Å². The van der Waals surface area contributed by atoms with Crippen LogP contribution in [0.5, 0.6) is 0 Å². The Morgan fingerprint density at radius 1 is 1.23 bits per heavy atom. The van der Waals surface area contributed by atoms with E-state index in [1.165, 1.54) is 6.42 Å². The van der Waals surface area contributed by atoms with Crippen LogP contribution in [-0.2, 0) is 4.79 Å². The van der Waals surface area contributed by atoms with Gasteiger partial charge >= 0.3 is 5.97 Å². The minimum atomic E-state index is -0.735. The van der Waals surface area contributed by atoms with Crippen molar-refractivity contribution in [2.24, 2.45) is 23.2 Å². The zero-order valence-electron chi connectivity index (χ0n) is 17.8. The maximum absolute atomic E-state index is 13.1. The molecule has 1 heterocycles. The fourth-order valence-corrected chi connectivity index (χ4v) is 6.52. The number of hydrogen-bond donors (Lipinski definition) is 2. The minimum absolute atomic E-state index is 0.0481. The van der Waals surface area contributed by atoms with Crippen molar-refractivity contribution in [1.82, 2.24) is 5.32 Å². The van der Waals surface area contributed by atoms with Crippen molar-refractivity contribution in [3.05, 3.63) is 47.4 Å². The van der Waals surface area contributed by atoms with Crippen LogP contribution < -0.4 is 5.32 Å². The van der Waals surface area contributed by atoms with Gasteiger partial charge in [0.05, 0.1) is 5.56 Å². The molecule has 2 aromatic rings. The van der Waals surface area contributed by atoms with E-state index in [4.69, 9.17) is 5.11 Å². The molecule has 3 saturated carbocycles. The number of rotatable bonds is 8. The van der Waals surface area contributed by atoms with Crippen LogP contribution in [-0.4, -0.2) is 23.0 Å². The number of amides is 1. The van der Waals surface area contributed by atoms with Crippen LogP contribution in [0.2, 0.25) is 0 Å². The third-order valence-corrected chi connectivity index (χ3v) is 8.46. The Kier molecular flexibility index (Phi) is 6.01. The summed E-state index contributed by atoms with van der Waals surface area (Å²) < 4.78 is 1.15. The molecule has 0 unspecified atom stereocenters. The Morgan fingerprint density at radius 2 is 2.03 bits per heavy atom. The van der Waals surface area contributed by atoms with Crippen LogP contribution in [0, 0.1) is 23.2 Å². The van der Waals surface area contributed by atoms with Gasteiger partial charge in [0.2, 0.25) is 0 Å². The van der Waals surface area contributed by atoms with Crippen LogP contribution in [0.15, 0.2) is 41.8 Å². The van der Waals surface area contributed by atoms with Gasteiger partial charge in [-0.3, -0.25) is 9.59 Å². The Balaban J connectivity index is 1.43. The summed E-state index contributed by atoms with van der Waals surface area (Å²) in [6.07, 6.45) is 9.29. The molecule has 4 atom stereocenters. The van der Waals surface area contributed by atoms with Crippen molar-refractivity contribution in [3.8, 4) is 0 Å². The molecule has 5 rings (SSSR count). The normalized spacial score (nSPS) is 27.1. The lowest BCUT2D eigenvalue weighted by atomic mass is 9.44. The van der Waals surface area contributed by atoms with Crippen molar-refractivity contribution in [1.29, 1.82) is 0 Å². The highest BCUT2D eigenvalue weighted by molar-refractivity contribution is 7.17. The molecule has 1 aromatic carbocycles. The molecule has 0 radical (unpaired) electrons. The number of carbonyl (C=O) groups is 2. The number of thiophene rings is 1. The second kappa shape index (κ2) is 8.54. The summed E-state index contributed by atoms with van der Waals surface area (Å²) in [7, 11) is 0. The number of unbranched alkanes of at least 4 members (excludes halogenated alkanes) is 1. The van der Waals surface area contributed by atoms with Crippen LogP contribution in [0.3, 0.4) is 0 Å². The standard InChI is InChI=1S/C25H31NO3S/c1-25(2)16-13-20(25)18(10-5-3-4-6-12-23(27)28)21(14-16)26-24(29)19-15-30-22-11-8-7-9-17(19)22/h3,5,7-9,11,15-16,18,20-21H,4,6,10,12-14H2,1-2H3,(H,26,29)(H,27,28)/t16-,18-,20+,21-/m0/s1. The van der Waals surface area contributed by atoms with Gasteiger partial charge in [-0.25, -0.2) is 0 Å². The predicted molar refractivity (Wildman–Crippen MR) is 122 cm³/mol. The average Bonchev–Trinajstić information content (AvgIpc) is 3.15. The number of carboxylic acid groups (broad SMARTS) is 1. The monoisotopic (exact) mass is 425 g/mol. The van der Waals surface area contributed by atoms with Gasteiger partial charge in [-0.05, 0) is 61.3 Å². The highest BCUT2D eigenvalue weighted by atomic mass is 32.1. The molecular weight excluding hydrogens is 394 g/mol. The summed E-state index contributed by atoms with van der Waals surface area (Å²) in [6.45, 7) is 4.75. The van der Waals surface area contributed by atoms with Gasteiger partial charge in [-0.1, -0.05) is 44.2 Å². The lowest BCUT2D eigenvalue weighted by molar-refractivity contribution is -0.137. The maximum Gasteiger partial charge on any atom is 0.303 e. The van der Waals surface area contributed by atoms with Gasteiger partial charge in [-0.15, -0.1) is 11.3 Å². The summed E-state index contributed by atoms with van der Waals surface area (Å²) in [5.74, 6) is 1.07. The van der Waals surface area contributed by atoms with E-state index in [0.717, 1.165) is 34.9 Å². The molecule has 3 aliphatic carbocycles. The lowest BCUT2D eigenvalue weighted by Gasteiger charge is -2.62. The lowest BCUT2D eigenvalue weighted by Crippen LogP contribution is -2.61. The van der Waals surface area contributed by atoms with E-state index in [1.807, 2.05) is 23.6 Å². The Labute approximate surface area is 182 Å². The van der Waals surface area contributed by atoms with E-state index < -0.39 is 5.97 Å². The van der Waals surface area contributed by atoms with E-state index in [9.17, 15) is 9.59 Å². The van der Waals surface area contributed by atoms with Crippen molar-refractivity contribution in [2.45, 2.75) is 58.4 Å². The van der Waals surface area contributed by atoms with Crippen LogP contribution in [0.25, 0.3) is 10.1 Å². The zero-order valence-corrected chi connectivity index (χ0v) is 18.6. The number of nitrogens with one attached hydrogen (secondary N) is 1. The van der Waals surface area contributed by atoms with Crippen molar-refractivity contribution in [3.63, 3.8) is 0 Å². The molecule has 2 N–H and O–H groups in total. The van der Waals surface area contributed by atoms with Crippen molar-refractivity contribution < 1.29 is 14.7 Å². The topological polar surface area (TPSA) is 66.4 Å². The molecule has 3 fully saturated rings. The second-order valence-electron chi connectivity index (χ2n) is 9.48. The molecule has 1 aromatic heterocycles. The largest absolute Gasteiger partial charge is 0.481 e. The number of carboxylic acids is 1. The molecular formula is C25H31NO3S. The molecule has 2 bridgehead atoms. The number of fused-ring (bicyclic) bond motifs is 3. The summed E-state index contributed by atoms with van der Waals surface area (Å²) in [5, 5.41) is 15.2. The number of allylic oxidation sites excluding steroid dienone is 2. The number of aliphatic carboxylic acids is 1. The fourth-order valence-electron chi connectivity index (χ4n) is 5.58. The average molecular weight is 426 g/mol. The highest BCUT2D eigenvalue weighted by Crippen LogP contribution is 2.62. The van der Waals surface area contributed by atoms with E-state index in [-0.39, 0.29) is 18.4 Å². The number of carbonyl (C=O) groups excluding carboxylic acids is 1. The summed E-state index contributed by atoms with van der Waals surface area (Å²) in [4.78, 5) is 23.8. The van der Waals surface area contributed by atoms with E-state index in [1.54, 1.807) is 11.3 Å². The molecule has 0 aliphatic heterocycles. The molecule has 0 saturated heterocycles. The first kappa shape index (κ1) is 21.1. The number of hydrogen-bond acceptors (Lipinski definition) is 3. The van der Waals surface area contributed by atoms with Crippen molar-refractivity contribution in [2.75, 3.05) is 0 Å². The summed E-state index contributed by atoms with van der Waals surface area (Å²) in [5.41, 5.74) is 1.13. The molecule has 30 heavy (non-hydrogen) atoms. The highest BCUT2D eigenvalue weighted by Gasteiger charge is 2.57. The van der Waals surface area contributed by atoms with Crippen molar-refractivity contribution >= 4 is 33.3 Å². The second-order valence-corrected chi connectivity index (χ2v) is 10.4. The molecule has 5 heteroatoms. The van der Waals surface area contributed by atoms with Crippen LogP contribution >= 0.6 is 11.3 Å². The molecule has 4 nitrogen and oxygen atoms in total. The predicted octanol–water partition coefficient (Wildman–Crippen LogP) is 5.88. The Morgan fingerprint density at radius 3 is 2.80 bits per heavy atom. The van der Waals surface area contributed by atoms with Gasteiger partial charge in [-0.2, -0.15) is 0 Å². The third kappa shape index (κ3) is 4.04. The fraction of sp³-hybridized carbons (Fsp3) is 0.520. The Bertz CT molecular complexity index is 960. The van der Waals surface area contributed by atoms with E-state index in [0.29, 0.717) is 29.6 Å². The SMILES string of the molecule is CC1(C)[C@@H]2C[C@H](NC(=O)c3csc4ccccc34)[C@@H](CC=CCCCC(=O)O)[C@H]1C2. The smallest absolute Gasteiger partial charge is 0.303 e. The van der Waals surface area contributed by atoms with Gasteiger partial charge in [0.25, 0.3) is 5.91 Å². The maximum atomic E-state index is 13.1. The molecule has 1 amide bonds. The van der Waals surface area contributed by atoms with E-state index in [2.05, 4.69) is 37.4 Å². The Hall–Kier alpha value is -2.14. The first-order valence-electron chi connectivity index (χ1n) is 11.0. The molecule has 0 spiro atoms. The van der Waals surface area contributed by atoms with Crippen LogP contribution in [0.4, 0.5) is 0 Å². The molecule has 3 aliphatic rings. The van der Waals surface area contributed by atoms with Gasteiger partial charge in [0.15, 0.2) is 0 Å². The first-order valence-corrected chi connectivity index (χ1v) is 11.9. The zero-order chi connectivity index (χ0) is 21.3. The quantitative estimate of drug-likeness (QED) is 0.410. The third-order valence-electron chi connectivity index (χ3n) is 7.50. The summed E-state index contributed by atoms with van der Waals surface area (Å²) in [6, 6.07) is 8.29. The first-order chi connectivity index (χ1) is 14.4.